The van der Waals surface area contributed by atoms with Crippen LogP contribution < -0.4 is 5.56 Å². The highest BCUT2D eigenvalue weighted by Crippen LogP contribution is 2.28. The molecule has 6 nitrogen and oxygen atoms in total. The lowest BCUT2D eigenvalue weighted by Crippen LogP contribution is -2.30. The topological polar surface area (TPSA) is 76.5 Å². The second-order valence-electron chi connectivity index (χ2n) is 6.60. The molecule has 0 bridgehead atoms. The third kappa shape index (κ3) is 2.55. The number of halogens is 1. The molecule has 28 heavy (non-hydrogen) atoms. The summed E-state index contributed by atoms with van der Waals surface area (Å²) in [7, 11) is 1.49. The number of aryl methyl sites for hydroxylation is 1. The Bertz CT molecular complexity index is 1190. The zero-order valence-electron chi connectivity index (χ0n) is 14.9. The van der Waals surface area contributed by atoms with E-state index in [1.165, 1.54) is 29.8 Å². The van der Waals surface area contributed by atoms with Crippen molar-refractivity contribution < 1.29 is 18.8 Å². The zero-order valence-corrected chi connectivity index (χ0v) is 14.9. The molecular weight excluding hydrogens is 363 g/mol. The number of aldehydes is 1. The van der Waals surface area contributed by atoms with E-state index in [0.29, 0.717) is 28.4 Å². The Morgan fingerprint density at radius 3 is 2.25 bits per heavy atom. The molecule has 0 fully saturated rings. The van der Waals surface area contributed by atoms with E-state index in [2.05, 4.69) is 0 Å². The lowest BCUT2D eigenvalue weighted by molar-refractivity contribution is -0.107. The van der Waals surface area contributed by atoms with E-state index in [1.54, 1.807) is 24.3 Å². The molecule has 140 valence electrons. The maximum Gasteiger partial charge on any atom is 0.261 e. The van der Waals surface area contributed by atoms with Gasteiger partial charge in [-0.05, 0) is 29.8 Å². The fourth-order valence-electron chi connectivity index (χ4n) is 3.65. The van der Waals surface area contributed by atoms with Gasteiger partial charge in [0.2, 0.25) is 0 Å². The molecule has 4 rings (SSSR count). The normalized spacial score (nSPS) is 13.3. The number of pyridine rings is 1. The molecule has 3 aromatic rings. The number of hydrogen-bond acceptors (Lipinski definition) is 4. The SMILES string of the molecule is Cn1c(=O)cc(CN2C(=O)c3ccccc3C2=O)c2ccc(F)c(CC=O)c21. The summed E-state index contributed by atoms with van der Waals surface area (Å²) in [6, 6.07) is 10.5. The van der Waals surface area contributed by atoms with Crippen LogP contribution in [0.15, 0.2) is 47.3 Å². The molecule has 7 heteroatoms. The van der Waals surface area contributed by atoms with Crippen LogP contribution in [0.3, 0.4) is 0 Å². The van der Waals surface area contributed by atoms with Gasteiger partial charge in [0.05, 0.1) is 23.2 Å². The number of rotatable bonds is 4. The Balaban J connectivity index is 1.87. The molecule has 0 radical (unpaired) electrons. The molecule has 2 aromatic carbocycles. The third-order valence-electron chi connectivity index (χ3n) is 5.03. The molecule has 0 unspecified atom stereocenters. The minimum absolute atomic E-state index is 0.108. The van der Waals surface area contributed by atoms with E-state index in [0.717, 1.165) is 4.90 Å². The van der Waals surface area contributed by atoms with Crippen LogP contribution in [0.4, 0.5) is 4.39 Å². The number of benzene rings is 2. The van der Waals surface area contributed by atoms with Crippen LogP contribution in [0, 0.1) is 5.82 Å². The molecule has 1 aliphatic heterocycles. The molecule has 0 aliphatic carbocycles. The average Bonchev–Trinajstić information content (AvgIpc) is 2.93. The van der Waals surface area contributed by atoms with Crippen molar-refractivity contribution in [3.05, 3.63) is 80.9 Å². The Hall–Kier alpha value is -3.61. The summed E-state index contributed by atoms with van der Waals surface area (Å²) in [6.45, 7) is -0.120. The van der Waals surface area contributed by atoms with Crippen molar-refractivity contribution in [1.29, 1.82) is 0 Å². The van der Waals surface area contributed by atoms with Gasteiger partial charge in [-0.2, -0.15) is 0 Å². The van der Waals surface area contributed by atoms with Crippen LogP contribution in [0.5, 0.6) is 0 Å². The molecule has 1 aromatic heterocycles. The smallest absolute Gasteiger partial charge is 0.261 e. The van der Waals surface area contributed by atoms with Gasteiger partial charge < -0.3 is 9.36 Å². The largest absolute Gasteiger partial charge is 0.311 e. The van der Waals surface area contributed by atoms with Crippen molar-refractivity contribution in [3.8, 4) is 0 Å². The summed E-state index contributed by atoms with van der Waals surface area (Å²) < 4.78 is 15.5. The summed E-state index contributed by atoms with van der Waals surface area (Å²) >= 11 is 0. The summed E-state index contributed by atoms with van der Waals surface area (Å²) in [5.41, 5.74) is 1.01. The molecule has 0 spiro atoms. The number of hydrogen-bond donors (Lipinski definition) is 0. The summed E-state index contributed by atoms with van der Waals surface area (Å²) in [5.74, 6) is -1.47. The van der Waals surface area contributed by atoms with E-state index in [9.17, 15) is 23.6 Å². The highest BCUT2D eigenvalue weighted by Gasteiger charge is 2.35. The highest BCUT2D eigenvalue weighted by atomic mass is 19.1. The zero-order chi connectivity index (χ0) is 20.0. The molecular formula is C21H15FN2O4. The van der Waals surface area contributed by atoms with E-state index in [1.807, 2.05) is 0 Å². The van der Waals surface area contributed by atoms with E-state index >= 15 is 0 Å². The van der Waals surface area contributed by atoms with Crippen LogP contribution in [0.1, 0.15) is 31.8 Å². The number of aromatic nitrogens is 1. The first-order chi connectivity index (χ1) is 13.4. The predicted molar refractivity (Wildman–Crippen MR) is 99.6 cm³/mol. The lowest BCUT2D eigenvalue weighted by atomic mass is 10.0. The van der Waals surface area contributed by atoms with Crippen molar-refractivity contribution in [2.75, 3.05) is 0 Å². The first-order valence-corrected chi connectivity index (χ1v) is 8.63. The summed E-state index contributed by atoms with van der Waals surface area (Å²) in [4.78, 5) is 49.8. The van der Waals surface area contributed by atoms with Gasteiger partial charge in [0, 0.05) is 30.5 Å². The van der Waals surface area contributed by atoms with Crippen molar-refractivity contribution in [2.45, 2.75) is 13.0 Å². The van der Waals surface area contributed by atoms with Gasteiger partial charge >= 0.3 is 0 Å². The fourth-order valence-corrected chi connectivity index (χ4v) is 3.65. The fraction of sp³-hybridized carbons (Fsp3) is 0.143. The maximum absolute atomic E-state index is 14.3. The van der Waals surface area contributed by atoms with E-state index < -0.39 is 23.2 Å². The van der Waals surface area contributed by atoms with Gasteiger partial charge in [-0.3, -0.25) is 19.3 Å². The van der Waals surface area contributed by atoms with Crippen molar-refractivity contribution >= 4 is 29.0 Å². The first-order valence-electron chi connectivity index (χ1n) is 8.63. The number of carbonyl (C=O) groups excluding carboxylic acids is 3. The average molecular weight is 378 g/mol. The number of nitrogens with zero attached hydrogens (tertiary/aromatic N) is 2. The second kappa shape index (κ2) is 6.53. The molecule has 2 heterocycles. The van der Waals surface area contributed by atoms with Gasteiger partial charge in [-0.25, -0.2) is 4.39 Å². The second-order valence-corrected chi connectivity index (χ2v) is 6.60. The maximum atomic E-state index is 14.3. The Labute approximate surface area is 158 Å². The standard InChI is InChI=1S/C21H15FN2O4/c1-23-18(26)10-12(13-6-7-17(22)16(8-9-25)19(13)23)11-24-20(27)14-4-2-3-5-15(14)21(24)28/h2-7,9-10H,8,11H2,1H3. The van der Waals surface area contributed by atoms with Crippen molar-refractivity contribution in [1.82, 2.24) is 9.47 Å². The first kappa shape index (κ1) is 17.8. The molecule has 0 saturated carbocycles. The van der Waals surface area contributed by atoms with E-state index in [-0.39, 0.29) is 24.0 Å². The Morgan fingerprint density at radius 1 is 1.00 bits per heavy atom. The van der Waals surface area contributed by atoms with Crippen LogP contribution in [-0.2, 0) is 24.8 Å². The van der Waals surface area contributed by atoms with Crippen LogP contribution in [-0.4, -0.2) is 27.6 Å². The molecule has 2 amide bonds. The molecule has 0 saturated heterocycles. The third-order valence-corrected chi connectivity index (χ3v) is 5.03. The molecule has 0 N–H and O–H groups in total. The van der Waals surface area contributed by atoms with Gasteiger partial charge in [0.1, 0.15) is 12.1 Å². The van der Waals surface area contributed by atoms with Crippen LogP contribution in [0.2, 0.25) is 0 Å². The number of imide groups is 1. The minimum Gasteiger partial charge on any atom is -0.311 e. The monoisotopic (exact) mass is 378 g/mol. The van der Waals surface area contributed by atoms with Gasteiger partial charge in [-0.15, -0.1) is 0 Å². The van der Waals surface area contributed by atoms with Crippen molar-refractivity contribution in [2.24, 2.45) is 7.05 Å². The quantitative estimate of drug-likeness (QED) is 0.515. The summed E-state index contributed by atoms with van der Waals surface area (Å²) in [6.07, 6.45) is 0.381. The van der Waals surface area contributed by atoms with Gasteiger partial charge in [0.15, 0.2) is 0 Å². The molecule has 0 atom stereocenters. The lowest BCUT2D eigenvalue weighted by Gasteiger charge is -2.18. The van der Waals surface area contributed by atoms with Gasteiger partial charge in [0.25, 0.3) is 17.4 Å². The Kier molecular flexibility index (Phi) is 4.15. The number of carbonyl (C=O) groups is 3. The molecule has 1 aliphatic rings. The number of fused-ring (bicyclic) bond motifs is 2. The van der Waals surface area contributed by atoms with E-state index in [4.69, 9.17) is 0 Å². The van der Waals surface area contributed by atoms with Crippen molar-refractivity contribution in [3.63, 3.8) is 0 Å². The number of amides is 2. The minimum atomic E-state index is -0.590. The highest BCUT2D eigenvalue weighted by molar-refractivity contribution is 6.21. The summed E-state index contributed by atoms with van der Waals surface area (Å²) in [5, 5.41) is 0.511. The predicted octanol–water partition coefficient (Wildman–Crippen LogP) is 2.22. The van der Waals surface area contributed by atoms with Crippen LogP contribution >= 0.6 is 0 Å². The van der Waals surface area contributed by atoms with Gasteiger partial charge in [-0.1, -0.05) is 12.1 Å². The Morgan fingerprint density at radius 2 is 1.64 bits per heavy atom. The van der Waals surface area contributed by atoms with Crippen LogP contribution in [0.25, 0.3) is 10.9 Å².